The number of benzene rings is 1. The molecule has 0 aliphatic carbocycles. The second kappa shape index (κ2) is 5.14. The van der Waals surface area contributed by atoms with Crippen molar-refractivity contribution < 1.29 is 23.8 Å². The molecule has 18 heavy (non-hydrogen) atoms. The Balaban J connectivity index is 2.11. The number of aromatic carboxylic acids is 1. The van der Waals surface area contributed by atoms with E-state index in [1.54, 1.807) is 0 Å². The highest BCUT2D eigenvalue weighted by molar-refractivity contribution is 5.96. The van der Waals surface area contributed by atoms with Gasteiger partial charge in [-0.3, -0.25) is 4.79 Å². The Kier molecular flexibility index (Phi) is 3.57. The summed E-state index contributed by atoms with van der Waals surface area (Å²) in [5.74, 6) is -2.55. The third kappa shape index (κ3) is 2.65. The van der Waals surface area contributed by atoms with Gasteiger partial charge in [0, 0.05) is 12.3 Å². The molecule has 96 valence electrons. The van der Waals surface area contributed by atoms with E-state index in [4.69, 9.17) is 9.84 Å². The van der Waals surface area contributed by atoms with Gasteiger partial charge in [0.1, 0.15) is 11.9 Å². The molecule has 1 fully saturated rings. The normalized spacial score (nSPS) is 18.6. The Labute approximate surface area is 103 Å². The van der Waals surface area contributed by atoms with Gasteiger partial charge in [-0.15, -0.1) is 0 Å². The Morgan fingerprint density at radius 1 is 1.44 bits per heavy atom. The van der Waals surface area contributed by atoms with Crippen molar-refractivity contribution >= 4 is 17.6 Å². The first-order chi connectivity index (χ1) is 8.58. The van der Waals surface area contributed by atoms with Crippen LogP contribution in [0.4, 0.5) is 10.1 Å². The highest BCUT2D eigenvalue weighted by atomic mass is 19.1. The highest BCUT2D eigenvalue weighted by Crippen LogP contribution is 2.18. The first-order valence-corrected chi connectivity index (χ1v) is 5.53. The minimum absolute atomic E-state index is 0.245. The van der Waals surface area contributed by atoms with Gasteiger partial charge in [-0.25, -0.2) is 9.18 Å². The fourth-order valence-corrected chi connectivity index (χ4v) is 1.77. The summed E-state index contributed by atoms with van der Waals surface area (Å²) < 4.78 is 18.3. The average molecular weight is 253 g/mol. The molecule has 2 rings (SSSR count). The predicted octanol–water partition coefficient (Wildman–Crippen LogP) is 1.64. The van der Waals surface area contributed by atoms with E-state index in [1.807, 2.05) is 0 Å². The number of carbonyl (C=O) groups excluding carboxylic acids is 1. The number of amides is 1. The maximum Gasteiger partial charge on any atom is 0.338 e. The van der Waals surface area contributed by atoms with Crippen LogP contribution in [0.2, 0.25) is 0 Å². The third-order valence-electron chi connectivity index (χ3n) is 2.69. The quantitative estimate of drug-likeness (QED) is 0.858. The lowest BCUT2D eigenvalue weighted by Gasteiger charge is -2.10. The molecule has 0 radical (unpaired) electrons. The van der Waals surface area contributed by atoms with Gasteiger partial charge in [-0.05, 0) is 31.0 Å². The lowest BCUT2D eigenvalue weighted by Crippen LogP contribution is -2.27. The van der Waals surface area contributed by atoms with Crippen molar-refractivity contribution in [3.8, 4) is 0 Å². The average Bonchev–Trinajstić information content (AvgIpc) is 2.85. The number of nitrogens with one attached hydrogen (secondary N) is 1. The van der Waals surface area contributed by atoms with Crippen molar-refractivity contribution in [1.29, 1.82) is 0 Å². The molecule has 1 aliphatic heterocycles. The van der Waals surface area contributed by atoms with E-state index in [9.17, 15) is 14.0 Å². The first kappa shape index (κ1) is 12.5. The lowest BCUT2D eigenvalue weighted by atomic mass is 10.1. The summed E-state index contributed by atoms with van der Waals surface area (Å²) in [6, 6.07) is 3.41. The van der Waals surface area contributed by atoms with Crippen molar-refractivity contribution in [2.75, 3.05) is 11.9 Å². The maximum atomic E-state index is 13.1. The Bertz CT molecular complexity index is 483. The Morgan fingerprint density at radius 2 is 2.22 bits per heavy atom. The molecular formula is C12H12FNO4. The summed E-state index contributed by atoms with van der Waals surface area (Å²) in [5, 5.41) is 11.3. The molecule has 1 heterocycles. The standard InChI is InChI=1S/C12H12FNO4/c13-9-4-3-7(6-8(9)12(16)17)14-11(15)10-2-1-5-18-10/h3-4,6,10H,1-2,5H2,(H,14,15)(H,16,17)/t10-/m1/s1. The summed E-state index contributed by atoms with van der Waals surface area (Å²) in [6.45, 7) is 0.544. The molecule has 1 aromatic carbocycles. The minimum Gasteiger partial charge on any atom is -0.478 e. The largest absolute Gasteiger partial charge is 0.478 e. The molecule has 0 aromatic heterocycles. The van der Waals surface area contributed by atoms with Gasteiger partial charge < -0.3 is 15.2 Å². The molecule has 5 nitrogen and oxygen atoms in total. The van der Waals surface area contributed by atoms with Gasteiger partial charge >= 0.3 is 5.97 Å². The van der Waals surface area contributed by atoms with Crippen molar-refractivity contribution in [3.63, 3.8) is 0 Å². The van der Waals surface area contributed by atoms with Crippen LogP contribution in [0.3, 0.4) is 0 Å². The number of hydrogen-bond donors (Lipinski definition) is 2. The fourth-order valence-electron chi connectivity index (χ4n) is 1.77. The van der Waals surface area contributed by atoms with E-state index in [1.165, 1.54) is 6.07 Å². The van der Waals surface area contributed by atoms with E-state index in [0.717, 1.165) is 18.6 Å². The van der Waals surface area contributed by atoms with Gasteiger partial charge in [-0.1, -0.05) is 0 Å². The molecule has 1 amide bonds. The predicted molar refractivity (Wildman–Crippen MR) is 61.0 cm³/mol. The summed E-state index contributed by atoms with van der Waals surface area (Å²) >= 11 is 0. The van der Waals surface area contributed by atoms with Crippen LogP contribution in [-0.2, 0) is 9.53 Å². The minimum atomic E-state index is -1.37. The van der Waals surface area contributed by atoms with Crippen LogP contribution in [0, 0.1) is 5.82 Å². The molecule has 2 N–H and O–H groups in total. The number of halogens is 1. The maximum absolute atomic E-state index is 13.1. The zero-order chi connectivity index (χ0) is 13.1. The van der Waals surface area contributed by atoms with Gasteiger partial charge in [0.05, 0.1) is 5.56 Å². The van der Waals surface area contributed by atoms with Gasteiger partial charge in [-0.2, -0.15) is 0 Å². The van der Waals surface area contributed by atoms with Crippen LogP contribution >= 0.6 is 0 Å². The van der Waals surface area contributed by atoms with Crippen LogP contribution in [0.15, 0.2) is 18.2 Å². The van der Waals surface area contributed by atoms with E-state index in [-0.39, 0.29) is 11.6 Å². The molecule has 1 aliphatic rings. The summed E-state index contributed by atoms with van der Waals surface area (Å²) in [4.78, 5) is 22.4. The lowest BCUT2D eigenvalue weighted by molar-refractivity contribution is -0.124. The molecule has 0 unspecified atom stereocenters. The molecule has 0 bridgehead atoms. The van der Waals surface area contributed by atoms with E-state index >= 15 is 0 Å². The van der Waals surface area contributed by atoms with Crippen molar-refractivity contribution in [3.05, 3.63) is 29.6 Å². The van der Waals surface area contributed by atoms with E-state index in [2.05, 4.69) is 5.32 Å². The Morgan fingerprint density at radius 3 is 2.83 bits per heavy atom. The number of rotatable bonds is 3. The zero-order valence-corrected chi connectivity index (χ0v) is 9.48. The molecular weight excluding hydrogens is 241 g/mol. The summed E-state index contributed by atoms with van der Waals surface area (Å²) in [6.07, 6.45) is 0.948. The smallest absolute Gasteiger partial charge is 0.338 e. The van der Waals surface area contributed by atoms with Crippen molar-refractivity contribution in [2.24, 2.45) is 0 Å². The zero-order valence-electron chi connectivity index (χ0n) is 9.48. The number of anilines is 1. The topological polar surface area (TPSA) is 75.6 Å². The monoisotopic (exact) mass is 253 g/mol. The number of ether oxygens (including phenoxy) is 1. The number of hydrogen-bond acceptors (Lipinski definition) is 3. The molecule has 1 aromatic rings. The van der Waals surface area contributed by atoms with E-state index in [0.29, 0.717) is 13.0 Å². The highest BCUT2D eigenvalue weighted by Gasteiger charge is 2.23. The van der Waals surface area contributed by atoms with Crippen LogP contribution in [0.1, 0.15) is 23.2 Å². The molecule has 0 spiro atoms. The molecule has 1 atom stereocenters. The second-order valence-electron chi connectivity index (χ2n) is 3.99. The molecule has 6 heteroatoms. The SMILES string of the molecule is O=C(O)c1cc(NC(=O)[C@H]2CCCO2)ccc1F. The first-order valence-electron chi connectivity index (χ1n) is 5.53. The van der Waals surface area contributed by atoms with Gasteiger partial charge in [0.15, 0.2) is 0 Å². The van der Waals surface area contributed by atoms with Crippen molar-refractivity contribution in [1.82, 2.24) is 0 Å². The molecule has 0 saturated carbocycles. The number of carbonyl (C=O) groups is 2. The van der Waals surface area contributed by atoms with Crippen LogP contribution in [0.5, 0.6) is 0 Å². The molecule has 1 saturated heterocycles. The number of carboxylic acid groups (broad SMARTS) is 1. The second-order valence-corrected chi connectivity index (χ2v) is 3.99. The van der Waals surface area contributed by atoms with Crippen LogP contribution in [0.25, 0.3) is 0 Å². The van der Waals surface area contributed by atoms with Crippen LogP contribution in [-0.4, -0.2) is 29.7 Å². The third-order valence-corrected chi connectivity index (χ3v) is 2.69. The summed E-state index contributed by atoms with van der Waals surface area (Å²) in [7, 11) is 0. The van der Waals surface area contributed by atoms with Crippen molar-refractivity contribution in [2.45, 2.75) is 18.9 Å². The number of carboxylic acids is 1. The Hall–Kier alpha value is -1.95. The van der Waals surface area contributed by atoms with Crippen LogP contribution < -0.4 is 5.32 Å². The van der Waals surface area contributed by atoms with Gasteiger partial charge in [0.25, 0.3) is 5.91 Å². The van der Waals surface area contributed by atoms with Gasteiger partial charge in [0.2, 0.25) is 0 Å². The van der Waals surface area contributed by atoms with E-state index < -0.39 is 23.5 Å². The fraction of sp³-hybridized carbons (Fsp3) is 0.333. The summed E-state index contributed by atoms with van der Waals surface area (Å²) in [5.41, 5.74) is -0.227.